The highest BCUT2D eigenvalue weighted by molar-refractivity contribution is 5.90. The number of nitrogens with zero attached hydrogens (tertiary/aromatic N) is 5. The summed E-state index contributed by atoms with van der Waals surface area (Å²) >= 11 is 0. The van der Waals surface area contributed by atoms with E-state index in [0.717, 1.165) is 10.1 Å². The zero-order valence-electron chi connectivity index (χ0n) is 15.9. The summed E-state index contributed by atoms with van der Waals surface area (Å²) in [6.07, 6.45) is 1.28. The molecule has 0 aliphatic heterocycles. The van der Waals surface area contributed by atoms with Crippen LogP contribution in [0.3, 0.4) is 0 Å². The number of rotatable bonds is 6. The van der Waals surface area contributed by atoms with E-state index in [1.807, 2.05) is 24.3 Å². The maximum atomic E-state index is 13.0. The minimum Gasteiger partial charge on any atom is -0.497 e. The van der Waals surface area contributed by atoms with Gasteiger partial charge in [0, 0.05) is 5.69 Å². The number of carbonyl (C=O) groups is 1. The first-order valence-electron chi connectivity index (χ1n) is 9.00. The van der Waals surface area contributed by atoms with Crippen molar-refractivity contribution in [3.8, 4) is 5.75 Å². The number of ether oxygens (including phenoxy) is 1. The fourth-order valence-electron chi connectivity index (χ4n) is 2.94. The van der Waals surface area contributed by atoms with Crippen LogP contribution in [-0.4, -0.2) is 37.6 Å². The topological polar surface area (TPSA) is 104 Å². The molecule has 2 aromatic carbocycles. The Morgan fingerprint density at radius 2 is 2.00 bits per heavy atom. The summed E-state index contributed by atoms with van der Waals surface area (Å²) in [4.78, 5) is 29.2. The monoisotopic (exact) mass is 408 g/mol. The molecule has 2 aromatic heterocycles. The first-order valence-corrected chi connectivity index (χ1v) is 9.00. The largest absolute Gasteiger partial charge is 0.497 e. The van der Waals surface area contributed by atoms with E-state index in [9.17, 15) is 14.0 Å². The van der Waals surface area contributed by atoms with Crippen molar-refractivity contribution < 1.29 is 13.9 Å². The van der Waals surface area contributed by atoms with Crippen LogP contribution in [0.15, 0.2) is 59.7 Å². The fourth-order valence-corrected chi connectivity index (χ4v) is 2.94. The second-order valence-electron chi connectivity index (χ2n) is 6.50. The van der Waals surface area contributed by atoms with E-state index in [2.05, 4.69) is 20.6 Å². The second kappa shape index (κ2) is 8.11. The van der Waals surface area contributed by atoms with Crippen LogP contribution < -0.4 is 15.6 Å². The number of aromatic nitrogens is 5. The van der Waals surface area contributed by atoms with Gasteiger partial charge in [0.1, 0.15) is 24.4 Å². The molecule has 0 saturated carbocycles. The minimum absolute atomic E-state index is 0.0648. The highest BCUT2D eigenvalue weighted by atomic mass is 19.1. The summed E-state index contributed by atoms with van der Waals surface area (Å²) in [5.74, 6) is -0.149. The van der Waals surface area contributed by atoms with E-state index in [0.29, 0.717) is 23.6 Å². The maximum Gasteiger partial charge on any atom is 0.283 e. The minimum atomic E-state index is -0.480. The summed E-state index contributed by atoms with van der Waals surface area (Å²) in [6.45, 7) is 0.0943. The Kier molecular flexibility index (Phi) is 5.21. The molecule has 2 heterocycles. The fraction of sp³-hybridized carbons (Fsp3) is 0.150. The van der Waals surface area contributed by atoms with Crippen molar-refractivity contribution in [3.63, 3.8) is 0 Å². The number of anilines is 1. The molecule has 1 amide bonds. The Morgan fingerprint density at radius 1 is 1.20 bits per heavy atom. The molecule has 0 atom stereocenters. The predicted octanol–water partition coefficient (Wildman–Crippen LogP) is 1.82. The smallest absolute Gasteiger partial charge is 0.283 e. The molecule has 0 unspecified atom stereocenters. The van der Waals surface area contributed by atoms with Gasteiger partial charge in [-0.05, 0) is 42.0 Å². The highest BCUT2D eigenvalue weighted by Crippen LogP contribution is 2.14. The van der Waals surface area contributed by atoms with E-state index >= 15 is 0 Å². The van der Waals surface area contributed by atoms with Gasteiger partial charge >= 0.3 is 0 Å². The third kappa shape index (κ3) is 4.02. The predicted molar refractivity (Wildman–Crippen MR) is 107 cm³/mol. The molecule has 152 valence electrons. The van der Waals surface area contributed by atoms with Crippen molar-refractivity contribution in [2.45, 2.75) is 13.1 Å². The Labute approximate surface area is 169 Å². The van der Waals surface area contributed by atoms with E-state index in [-0.39, 0.29) is 12.1 Å². The van der Waals surface area contributed by atoms with Gasteiger partial charge in [-0.2, -0.15) is 0 Å². The number of amides is 1. The lowest BCUT2D eigenvalue weighted by Gasteiger charge is -2.07. The number of benzene rings is 2. The average molecular weight is 408 g/mol. The van der Waals surface area contributed by atoms with Crippen LogP contribution in [0.1, 0.15) is 5.56 Å². The molecule has 0 aliphatic rings. The van der Waals surface area contributed by atoms with Gasteiger partial charge in [0.2, 0.25) is 5.91 Å². The molecule has 0 saturated heterocycles. The molecule has 0 radical (unpaired) electrons. The lowest BCUT2D eigenvalue weighted by molar-refractivity contribution is -0.116. The van der Waals surface area contributed by atoms with Crippen LogP contribution in [0.4, 0.5) is 10.1 Å². The third-order valence-electron chi connectivity index (χ3n) is 4.40. The summed E-state index contributed by atoms with van der Waals surface area (Å²) in [5, 5.41) is 10.5. The quantitative estimate of drug-likeness (QED) is 0.522. The SMILES string of the molecule is COc1cccc(Cn2nnc3c(=O)n(CC(=O)Nc4ccc(F)cc4)cnc32)c1. The average Bonchev–Trinajstić information content (AvgIpc) is 3.15. The van der Waals surface area contributed by atoms with Crippen molar-refractivity contribution >= 4 is 22.8 Å². The van der Waals surface area contributed by atoms with Crippen LogP contribution in [0.25, 0.3) is 11.2 Å². The molecular formula is C20H17FN6O3. The molecule has 10 heteroatoms. The number of halogens is 1. The maximum absolute atomic E-state index is 13.0. The summed E-state index contributed by atoms with van der Waals surface area (Å²) in [5.41, 5.74) is 1.23. The van der Waals surface area contributed by atoms with Gasteiger partial charge in [-0.3, -0.25) is 14.2 Å². The number of fused-ring (bicyclic) bond motifs is 1. The molecular weight excluding hydrogens is 391 g/mol. The summed E-state index contributed by atoms with van der Waals surface area (Å²) in [6, 6.07) is 12.8. The highest BCUT2D eigenvalue weighted by Gasteiger charge is 2.14. The number of methoxy groups -OCH3 is 1. The van der Waals surface area contributed by atoms with Crippen molar-refractivity contribution in [1.29, 1.82) is 0 Å². The first kappa shape index (κ1) is 19.2. The van der Waals surface area contributed by atoms with Gasteiger partial charge in [0.25, 0.3) is 5.56 Å². The first-order chi connectivity index (χ1) is 14.5. The van der Waals surface area contributed by atoms with Gasteiger partial charge in [-0.1, -0.05) is 17.3 Å². The number of hydrogen-bond donors (Lipinski definition) is 1. The number of carbonyl (C=O) groups excluding carboxylic acids is 1. The van der Waals surface area contributed by atoms with Crippen molar-refractivity contribution in [3.05, 3.63) is 76.6 Å². The van der Waals surface area contributed by atoms with Crippen LogP contribution in [0, 0.1) is 5.82 Å². The summed E-state index contributed by atoms with van der Waals surface area (Å²) in [7, 11) is 1.58. The van der Waals surface area contributed by atoms with E-state index in [1.165, 1.54) is 35.3 Å². The molecule has 0 bridgehead atoms. The van der Waals surface area contributed by atoms with Crippen molar-refractivity contribution in [2.24, 2.45) is 0 Å². The molecule has 0 aliphatic carbocycles. The Balaban J connectivity index is 1.53. The van der Waals surface area contributed by atoms with E-state index in [1.54, 1.807) is 7.11 Å². The standard InChI is InChI=1S/C20H17FN6O3/c1-30-16-4-2-3-13(9-16)10-27-19-18(24-25-27)20(29)26(12-22-19)11-17(28)23-15-7-5-14(21)6-8-15/h2-9,12H,10-11H2,1H3,(H,23,28). The van der Waals surface area contributed by atoms with Gasteiger partial charge in [0.05, 0.1) is 13.7 Å². The molecule has 0 spiro atoms. The van der Waals surface area contributed by atoms with Gasteiger partial charge in [-0.25, -0.2) is 14.1 Å². The zero-order valence-corrected chi connectivity index (χ0v) is 15.9. The van der Waals surface area contributed by atoms with Crippen LogP contribution in [0.5, 0.6) is 5.75 Å². The molecule has 4 rings (SSSR count). The van der Waals surface area contributed by atoms with Gasteiger partial charge < -0.3 is 10.1 Å². The van der Waals surface area contributed by atoms with Crippen LogP contribution in [-0.2, 0) is 17.9 Å². The Morgan fingerprint density at radius 3 is 2.77 bits per heavy atom. The summed E-state index contributed by atoms with van der Waals surface area (Å²) < 4.78 is 20.8. The molecule has 1 N–H and O–H groups in total. The van der Waals surface area contributed by atoms with Gasteiger partial charge in [-0.15, -0.1) is 5.10 Å². The van der Waals surface area contributed by atoms with E-state index < -0.39 is 17.3 Å². The van der Waals surface area contributed by atoms with Gasteiger partial charge in [0.15, 0.2) is 11.2 Å². The Bertz CT molecular complexity index is 1270. The van der Waals surface area contributed by atoms with Crippen LogP contribution in [0.2, 0.25) is 0 Å². The van der Waals surface area contributed by atoms with Crippen molar-refractivity contribution in [1.82, 2.24) is 24.5 Å². The van der Waals surface area contributed by atoms with Crippen LogP contribution >= 0.6 is 0 Å². The zero-order chi connectivity index (χ0) is 21.1. The molecule has 0 fully saturated rings. The molecule has 30 heavy (non-hydrogen) atoms. The normalized spacial score (nSPS) is 10.9. The molecule has 4 aromatic rings. The molecule has 9 nitrogen and oxygen atoms in total. The van der Waals surface area contributed by atoms with Crippen molar-refractivity contribution in [2.75, 3.05) is 12.4 Å². The lowest BCUT2D eigenvalue weighted by atomic mass is 10.2. The lowest BCUT2D eigenvalue weighted by Crippen LogP contribution is -2.28. The third-order valence-corrected chi connectivity index (χ3v) is 4.40. The van der Waals surface area contributed by atoms with E-state index in [4.69, 9.17) is 4.74 Å². The Hall–Kier alpha value is -4.08. The number of hydrogen-bond acceptors (Lipinski definition) is 6. The second-order valence-corrected chi connectivity index (χ2v) is 6.50. The number of nitrogens with one attached hydrogen (secondary N) is 1.